The Kier molecular flexibility index (Phi) is 4.21. The van der Waals surface area contributed by atoms with Crippen LogP contribution in [0.3, 0.4) is 0 Å². The smallest absolute Gasteiger partial charge is 0.187 e. The van der Waals surface area contributed by atoms with E-state index in [1.54, 1.807) is 0 Å². The predicted molar refractivity (Wildman–Crippen MR) is 60.2 cm³/mol. The van der Waals surface area contributed by atoms with Crippen molar-refractivity contribution in [2.24, 2.45) is 8.73 Å². The highest BCUT2D eigenvalue weighted by molar-refractivity contribution is 7.86. The molecule has 0 bridgehead atoms. The molecule has 0 saturated heterocycles. The van der Waals surface area contributed by atoms with Crippen LogP contribution in [0.4, 0.5) is 11.9 Å². The first-order valence-electron chi connectivity index (χ1n) is 3.74. The van der Waals surface area contributed by atoms with Gasteiger partial charge in [0.1, 0.15) is 0 Å². The lowest BCUT2D eigenvalue weighted by Crippen LogP contribution is -1.92. The molecule has 0 unspecified atom stereocenters. The standard InChI is InChI=1S/C6H12N6S2/c1-13(2)11-5-7-9-6(10-8-5)12-14(3)4/h1-4H3. The van der Waals surface area contributed by atoms with Gasteiger partial charge in [-0.3, -0.25) is 0 Å². The van der Waals surface area contributed by atoms with Gasteiger partial charge in [0, 0.05) is 0 Å². The van der Waals surface area contributed by atoms with E-state index >= 15 is 0 Å². The molecule has 6 nitrogen and oxygen atoms in total. The largest absolute Gasteiger partial charge is 0.293 e. The van der Waals surface area contributed by atoms with Crippen LogP contribution in [-0.4, -0.2) is 45.4 Å². The average molecular weight is 232 g/mol. The van der Waals surface area contributed by atoms with E-state index in [2.05, 4.69) is 29.1 Å². The molecule has 1 rings (SSSR count). The molecule has 14 heavy (non-hydrogen) atoms. The maximum atomic E-state index is 4.12. The Hall–Kier alpha value is -0.760. The molecule has 0 amide bonds. The molecule has 0 N–H and O–H groups in total. The minimum absolute atomic E-state index is 0.0928. The second kappa shape index (κ2) is 5.20. The first-order chi connectivity index (χ1) is 6.58. The normalized spacial score (nSPS) is 10.7. The van der Waals surface area contributed by atoms with E-state index in [0.29, 0.717) is 11.9 Å². The molecule has 0 aromatic carbocycles. The maximum absolute atomic E-state index is 4.12. The van der Waals surface area contributed by atoms with Gasteiger partial charge in [-0.25, -0.2) is 0 Å². The number of rotatable bonds is 2. The summed E-state index contributed by atoms with van der Waals surface area (Å²) in [6.07, 6.45) is 7.88. The Balaban J connectivity index is 2.89. The minimum atomic E-state index is -0.0928. The van der Waals surface area contributed by atoms with Crippen molar-refractivity contribution in [2.75, 3.05) is 25.0 Å². The van der Waals surface area contributed by atoms with Crippen molar-refractivity contribution in [2.45, 2.75) is 0 Å². The molecule has 0 radical (unpaired) electrons. The molecule has 0 spiro atoms. The van der Waals surface area contributed by atoms with Crippen molar-refractivity contribution in [3.63, 3.8) is 0 Å². The Morgan fingerprint density at radius 1 is 0.714 bits per heavy atom. The lowest BCUT2D eigenvalue weighted by atomic mass is 11.0. The molecule has 1 aromatic heterocycles. The van der Waals surface area contributed by atoms with Crippen LogP contribution in [0.15, 0.2) is 8.73 Å². The van der Waals surface area contributed by atoms with E-state index in [1.807, 2.05) is 25.0 Å². The van der Waals surface area contributed by atoms with Crippen LogP contribution < -0.4 is 0 Å². The van der Waals surface area contributed by atoms with Crippen LogP contribution in [0.25, 0.3) is 0 Å². The lowest BCUT2D eigenvalue weighted by Gasteiger charge is -1.93. The SMILES string of the molecule is CS(C)=Nc1nnc(N=S(C)C)nn1. The molecule has 0 fully saturated rings. The van der Waals surface area contributed by atoms with Crippen LogP contribution in [0.5, 0.6) is 0 Å². The van der Waals surface area contributed by atoms with Crippen molar-refractivity contribution in [1.82, 2.24) is 20.4 Å². The fraction of sp³-hybridized carbons (Fsp3) is 0.667. The summed E-state index contributed by atoms with van der Waals surface area (Å²) in [6, 6.07) is 0. The van der Waals surface area contributed by atoms with Gasteiger partial charge in [0.2, 0.25) is 0 Å². The van der Waals surface area contributed by atoms with Crippen LogP contribution >= 0.6 is 0 Å². The molecule has 78 valence electrons. The maximum Gasteiger partial charge on any atom is 0.293 e. The van der Waals surface area contributed by atoms with E-state index in [1.165, 1.54) is 0 Å². The number of hydrogen-bond acceptors (Lipinski definition) is 6. The van der Waals surface area contributed by atoms with Crippen molar-refractivity contribution >= 4 is 33.3 Å². The zero-order valence-corrected chi connectivity index (χ0v) is 10.1. The van der Waals surface area contributed by atoms with Crippen molar-refractivity contribution in [3.8, 4) is 0 Å². The Morgan fingerprint density at radius 3 is 1.21 bits per heavy atom. The Bertz CT molecular complexity index is 325. The van der Waals surface area contributed by atoms with Crippen LogP contribution in [-0.2, 0) is 21.4 Å². The predicted octanol–water partition coefficient (Wildman–Crippen LogP) is 0.653. The van der Waals surface area contributed by atoms with E-state index < -0.39 is 0 Å². The van der Waals surface area contributed by atoms with Crippen LogP contribution in [0.2, 0.25) is 0 Å². The molecule has 0 aliphatic carbocycles. The molecule has 8 heteroatoms. The molecule has 0 atom stereocenters. The molecule has 0 aliphatic rings. The minimum Gasteiger partial charge on any atom is -0.187 e. The van der Waals surface area contributed by atoms with E-state index in [9.17, 15) is 0 Å². The van der Waals surface area contributed by atoms with Gasteiger partial charge >= 0.3 is 0 Å². The summed E-state index contributed by atoms with van der Waals surface area (Å²) >= 11 is 0. The van der Waals surface area contributed by atoms with E-state index in [0.717, 1.165) is 0 Å². The quantitative estimate of drug-likeness (QED) is 0.750. The van der Waals surface area contributed by atoms with Crippen LogP contribution in [0.1, 0.15) is 0 Å². The summed E-state index contributed by atoms with van der Waals surface area (Å²) in [5.74, 6) is 0.647. The monoisotopic (exact) mass is 232 g/mol. The summed E-state index contributed by atoms with van der Waals surface area (Å²) in [6.45, 7) is 0. The van der Waals surface area contributed by atoms with Gasteiger partial charge in [0.05, 0.1) is 0 Å². The summed E-state index contributed by atoms with van der Waals surface area (Å²) in [5, 5.41) is 15.2. The van der Waals surface area contributed by atoms with Gasteiger partial charge in [-0.2, -0.15) is 8.73 Å². The van der Waals surface area contributed by atoms with Gasteiger partial charge in [0.15, 0.2) is 0 Å². The van der Waals surface area contributed by atoms with Gasteiger partial charge in [-0.15, -0.1) is 20.4 Å². The second-order valence-corrected chi connectivity index (χ2v) is 6.19. The fourth-order valence-corrected chi connectivity index (χ4v) is 1.42. The third-order valence-corrected chi connectivity index (χ3v) is 2.04. The molecular formula is C6H12N6S2. The molecular weight excluding hydrogens is 220 g/mol. The van der Waals surface area contributed by atoms with Crippen LogP contribution in [0, 0.1) is 0 Å². The van der Waals surface area contributed by atoms with E-state index in [-0.39, 0.29) is 21.4 Å². The Labute approximate surface area is 87.8 Å². The highest BCUT2D eigenvalue weighted by Crippen LogP contribution is 2.04. The van der Waals surface area contributed by atoms with Gasteiger partial charge < -0.3 is 0 Å². The van der Waals surface area contributed by atoms with Gasteiger partial charge in [-0.05, 0) is 25.0 Å². The lowest BCUT2D eigenvalue weighted by molar-refractivity contribution is 0.860. The average Bonchev–Trinajstić information content (AvgIpc) is 2.06. The fourth-order valence-electron chi connectivity index (χ4n) is 0.619. The second-order valence-electron chi connectivity index (χ2n) is 2.73. The number of hydrogen-bond donors (Lipinski definition) is 0. The van der Waals surface area contributed by atoms with Crippen molar-refractivity contribution in [3.05, 3.63) is 0 Å². The van der Waals surface area contributed by atoms with Crippen molar-refractivity contribution < 1.29 is 0 Å². The zero-order chi connectivity index (χ0) is 10.6. The third kappa shape index (κ3) is 3.97. The third-order valence-electron chi connectivity index (χ3n) is 0.986. The van der Waals surface area contributed by atoms with Gasteiger partial charge in [0.25, 0.3) is 11.9 Å². The van der Waals surface area contributed by atoms with Gasteiger partial charge in [-0.1, -0.05) is 21.4 Å². The first kappa shape index (κ1) is 11.3. The van der Waals surface area contributed by atoms with Crippen molar-refractivity contribution in [1.29, 1.82) is 0 Å². The van der Waals surface area contributed by atoms with E-state index in [4.69, 9.17) is 0 Å². The number of aromatic nitrogens is 4. The topological polar surface area (TPSA) is 76.3 Å². The molecule has 0 saturated carbocycles. The highest BCUT2D eigenvalue weighted by atomic mass is 32.2. The summed E-state index contributed by atoms with van der Waals surface area (Å²) in [5.41, 5.74) is 0. The summed E-state index contributed by atoms with van der Waals surface area (Å²) in [7, 11) is -0.186. The summed E-state index contributed by atoms with van der Waals surface area (Å²) < 4.78 is 8.24. The zero-order valence-electron chi connectivity index (χ0n) is 8.50. The first-order valence-corrected chi connectivity index (χ1v) is 7.74. The molecule has 1 heterocycles. The highest BCUT2D eigenvalue weighted by Gasteiger charge is 1.97. The molecule has 0 aliphatic heterocycles. The molecule has 1 aromatic rings. The summed E-state index contributed by atoms with van der Waals surface area (Å²) in [4.78, 5) is 0. The Morgan fingerprint density at radius 2 is 1.00 bits per heavy atom. The number of nitrogens with zero attached hydrogens (tertiary/aromatic N) is 6.